The Labute approximate surface area is 261 Å². The van der Waals surface area contributed by atoms with Gasteiger partial charge in [0.2, 0.25) is 0 Å². The van der Waals surface area contributed by atoms with E-state index in [9.17, 15) is 0 Å². The summed E-state index contributed by atoms with van der Waals surface area (Å²) in [5.41, 5.74) is 14.6. The van der Waals surface area contributed by atoms with Crippen LogP contribution in [0.15, 0.2) is 134 Å². The molecule has 0 spiro atoms. The highest BCUT2D eigenvalue weighted by atomic mass is 15.1. The first-order valence-electron chi connectivity index (χ1n) is 15.7. The van der Waals surface area contributed by atoms with Crippen LogP contribution >= 0.6 is 0 Å². The molecule has 0 amide bonds. The predicted octanol–water partition coefficient (Wildman–Crippen LogP) is 10.2. The largest absolute Gasteiger partial charge is 0.293 e. The molecule has 0 saturated heterocycles. The van der Waals surface area contributed by atoms with Gasteiger partial charge < -0.3 is 0 Å². The Kier molecular flexibility index (Phi) is 4.84. The standard InChI is InChI=1S/C42H29N3/c1-25-28-15-9-16-29(25)37-38(31-13-4-3-12-30(28)31)42(2)23-8-7-17-33(42)36-32-14-5-6-18-34(32)45(41(36)37)35-22-21-27-20-19-26-11-10-24-43-39(26)40(27)44-35/h3-24,33H,1-2H3. The second kappa shape index (κ2) is 8.77. The second-order valence-corrected chi connectivity index (χ2v) is 12.8. The molecule has 0 N–H and O–H groups in total. The summed E-state index contributed by atoms with van der Waals surface area (Å²) < 4.78 is 2.44. The molecule has 2 atom stereocenters. The molecule has 3 nitrogen and oxygen atoms in total. The van der Waals surface area contributed by atoms with E-state index in [1.165, 1.54) is 61.1 Å². The minimum absolute atomic E-state index is 0.162. The highest BCUT2D eigenvalue weighted by Crippen LogP contribution is 2.63. The lowest BCUT2D eigenvalue weighted by atomic mass is 9.59. The first-order valence-corrected chi connectivity index (χ1v) is 15.7. The van der Waals surface area contributed by atoms with Crippen molar-refractivity contribution in [2.24, 2.45) is 5.41 Å². The Morgan fingerprint density at radius 2 is 1.44 bits per heavy atom. The van der Waals surface area contributed by atoms with Crippen molar-refractivity contribution in [1.82, 2.24) is 14.5 Å². The third kappa shape index (κ3) is 3.15. The van der Waals surface area contributed by atoms with Gasteiger partial charge in [0.1, 0.15) is 5.82 Å². The lowest BCUT2D eigenvalue weighted by Crippen LogP contribution is -2.31. The van der Waals surface area contributed by atoms with E-state index in [4.69, 9.17) is 9.97 Å². The summed E-state index contributed by atoms with van der Waals surface area (Å²) in [6.45, 7) is 4.73. The average Bonchev–Trinajstić information content (AvgIpc) is 3.41. The van der Waals surface area contributed by atoms with Crippen molar-refractivity contribution in [3.63, 3.8) is 0 Å². The van der Waals surface area contributed by atoms with Crippen LogP contribution in [0, 0.1) is 12.3 Å². The van der Waals surface area contributed by atoms with Gasteiger partial charge in [-0.1, -0.05) is 110 Å². The SMILES string of the molecule is Cc1c2cccc1-c1ccccc1C1=C2c2c(c3ccccc3n2-c2ccc3ccc4cccnc4c3n2)C2C=CC=CC12C. The van der Waals surface area contributed by atoms with E-state index in [1.807, 2.05) is 12.3 Å². The number of hydrogen-bond acceptors (Lipinski definition) is 2. The maximum absolute atomic E-state index is 5.43. The van der Waals surface area contributed by atoms with Crippen LogP contribution < -0.4 is 0 Å². The Hall–Kier alpha value is -5.54. The molecule has 10 rings (SSSR count). The molecule has 0 aliphatic heterocycles. The molecule has 4 aromatic carbocycles. The quantitative estimate of drug-likeness (QED) is 0.182. The summed E-state index contributed by atoms with van der Waals surface area (Å²) in [5.74, 6) is 1.07. The fourth-order valence-electron chi connectivity index (χ4n) is 8.48. The molecule has 3 heteroatoms. The van der Waals surface area contributed by atoms with Crippen molar-refractivity contribution in [3.8, 4) is 16.9 Å². The van der Waals surface area contributed by atoms with Gasteiger partial charge in [-0.25, -0.2) is 4.98 Å². The van der Waals surface area contributed by atoms with Crippen molar-refractivity contribution in [3.05, 3.63) is 162 Å². The van der Waals surface area contributed by atoms with E-state index in [1.54, 1.807) is 0 Å². The average molecular weight is 576 g/mol. The van der Waals surface area contributed by atoms with Gasteiger partial charge in [-0.3, -0.25) is 9.55 Å². The van der Waals surface area contributed by atoms with E-state index in [0.29, 0.717) is 0 Å². The van der Waals surface area contributed by atoms with Crippen molar-refractivity contribution in [2.45, 2.75) is 19.8 Å². The molecule has 3 aliphatic carbocycles. The lowest BCUT2D eigenvalue weighted by Gasteiger charge is -2.44. The molecule has 7 aromatic rings. The zero-order valence-electron chi connectivity index (χ0n) is 25.1. The number of para-hydroxylation sites is 1. The maximum atomic E-state index is 5.43. The number of fused-ring (bicyclic) bond motifs is 16. The third-order valence-corrected chi connectivity index (χ3v) is 10.5. The number of nitrogens with zero attached hydrogens (tertiary/aromatic N) is 3. The van der Waals surface area contributed by atoms with Gasteiger partial charge in [-0.2, -0.15) is 0 Å². The number of allylic oxidation sites excluding steroid dienone is 5. The van der Waals surface area contributed by atoms with Gasteiger partial charge in [0, 0.05) is 39.3 Å². The number of aromatic nitrogens is 3. The van der Waals surface area contributed by atoms with Gasteiger partial charge >= 0.3 is 0 Å². The van der Waals surface area contributed by atoms with Gasteiger partial charge in [0.15, 0.2) is 0 Å². The third-order valence-electron chi connectivity index (χ3n) is 10.5. The molecule has 3 heterocycles. The zero-order valence-corrected chi connectivity index (χ0v) is 25.1. The topological polar surface area (TPSA) is 30.7 Å². The lowest BCUT2D eigenvalue weighted by molar-refractivity contribution is 0.499. The maximum Gasteiger partial charge on any atom is 0.138 e. The molecule has 2 unspecified atom stereocenters. The summed E-state index contributed by atoms with van der Waals surface area (Å²) in [4.78, 5) is 10.2. The molecule has 2 bridgehead atoms. The summed E-state index contributed by atoms with van der Waals surface area (Å²) in [6, 6.07) is 37.5. The Morgan fingerprint density at radius 1 is 0.689 bits per heavy atom. The summed E-state index contributed by atoms with van der Waals surface area (Å²) in [7, 11) is 0. The van der Waals surface area contributed by atoms with Crippen LogP contribution in [0.4, 0.5) is 0 Å². The first-order chi connectivity index (χ1) is 22.1. The van der Waals surface area contributed by atoms with Crippen molar-refractivity contribution < 1.29 is 0 Å². The molecule has 3 aliphatic rings. The normalized spacial score (nSPS) is 19.4. The highest BCUT2D eigenvalue weighted by Gasteiger charge is 2.48. The Morgan fingerprint density at radius 3 is 2.36 bits per heavy atom. The molecular weight excluding hydrogens is 546 g/mol. The molecule has 212 valence electrons. The number of pyridine rings is 2. The van der Waals surface area contributed by atoms with Crippen LogP contribution in [0.3, 0.4) is 0 Å². The first kappa shape index (κ1) is 24.9. The number of benzene rings is 4. The van der Waals surface area contributed by atoms with Crippen molar-refractivity contribution in [1.29, 1.82) is 0 Å². The molecular formula is C42H29N3. The minimum Gasteiger partial charge on any atom is -0.293 e. The van der Waals surface area contributed by atoms with E-state index >= 15 is 0 Å². The molecule has 0 fully saturated rings. The Bertz CT molecular complexity index is 2520. The van der Waals surface area contributed by atoms with Crippen LogP contribution in [0.5, 0.6) is 0 Å². The monoisotopic (exact) mass is 575 g/mol. The smallest absolute Gasteiger partial charge is 0.138 e. The van der Waals surface area contributed by atoms with Crippen molar-refractivity contribution >= 4 is 43.9 Å². The van der Waals surface area contributed by atoms with E-state index in [0.717, 1.165) is 27.6 Å². The summed E-state index contributed by atoms with van der Waals surface area (Å²) in [6.07, 6.45) is 11.2. The minimum atomic E-state index is -0.238. The van der Waals surface area contributed by atoms with Gasteiger partial charge in [0.25, 0.3) is 0 Å². The zero-order chi connectivity index (χ0) is 29.9. The summed E-state index contributed by atoms with van der Waals surface area (Å²) >= 11 is 0. The number of hydrogen-bond donors (Lipinski definition) is 0. The predicted molar refractivity (Wildman–Crippen MR) is 186 cm³/mol. The van der Waals surface area contributed by atoms with Gasteiger partial charge in [0.05, 0.1) is 22.2 Å². The fourth-order valence-corrected chi connectivity index (χ4v) is 8.48. The number of rotatable bonds is 1. The molecule has 0 radical (unpaired) electrons. The summed E-state index contributed by atoms with van der Waals surface area (Å²) in [5, 5.41) is 3.47. The molecule has 45 heavy (non-hydrogen) atoms. The fraction of sp³-hybridized carbons (Fsp3) is 0.0952. The van der Waals surface area contributed by atoms with Gasteiger partial charge in [-0.15, -0.1) is 0 Å². The molecule has 3 aromatic heterocycles. The van der Waals surface area contributed by atoms with Crippen LogP contribution in [0.25, 0.3) is 60.8 Å². The van der Waals surface area contributed by atoms with Crippen LogP contribution in [0.2, 0.25) is 0 Å². The van der Waals surface area contributed by atoms with Gasteiger partial charge in [-0.05, 0) is 70.1 Å². The van der Waals surface area contributed by atoms with Crippen molar-refractivity contribution in [2.75, 3.05) is 0 Å². The van der Waals surface area contributed by atoms with E-state index < -0.39 is 0 Å². The Balaban J connectivity index is 1.42. The van der Waals surface area contributed by atoms with E-state index in [-0.39, 0.29) is 11.3 Å². The van der Waals surface area contributed by atoms with E-state index in [2.05, 4.69) is 140 Å². The molecule has 0 saturated carbocycles. The van der Waals surface area contributed by atoms with Crippen LogP contribution in [-0.2, 0) is 0 Å². The second-order valence-electron chi connectivity index (χ2n) is 12.8. The van der Waals surface area contributed by atoms with Crippen LogP contribution in [0.1, 0.15) is 40.8 Å². The highest BCUT2D eigenvalue weighted by molar-refractivity contribution is 6.12. The van der Waals surface area contributed by atoms with Crippen LogP contribution in [-0.4, -0.2) is 14.5 Å².